The van der Waals surface area contributed by atoms with Gasteiger partial charge in [0.2, 0.25) is 5.95 Å². The lowest BCUT2D eigenvalue weighted by Crippen LogP contribution is -2.37. The van der Waals surface area contributed by atoms with Gasteiger partial charge in [-0.05, 0) is 18.4 Å². The summed E-state index contributed by atoms with van der Waals surface area (Å²) in [6.45, 7) is 5.72. The second-order valence-electron chi connectivity index (χ2n) is 6.58. The summed E-state index contributed by atoms with van der Waals surface area (Å²) in [4.78, 5) is 7.40. The number of rotatable bonds is 7. The van der Waals surface area contributed by atoms with Gasteiger partial charge in [0.25, 0.3) is 0 Å². The molecular weight excluding hydrogens is 298 g/mol. The fourth-order valence-electron chi connectivity index (χ4n) is 3.37. The van der Waals surface area contributed by atoms with Crippen LogP contribution in [-0.2, 0) is 24.6 Å². The third kappa shape index (κ3) is 3.99. The monoisotopic (exact) mass is 327 g/mol. The van der Waals surface area contributed by atoms with E-state index in [2.05, 4.69) is 53.8 Å². The van der Waals surface area contributed by atoms with Crippen molar-refractivity contribution in [2.45, 2.75) is 39.0 Å². The Morgan fingerprint density at radius 1 is 1.08 bits per heavy atom. The molecule has 4 heteroatoms. The van der Waals surface area contributed by atoms with Crippen LogP contribution in [0.5, 0.6) is 0 Å². The van der Waals surface area contributed by atoms with Gasteiger partial charge in [0.05, 0.1) is 18.9 Å². The van der Waals surface area contributed by atoms with Gasteiger partial charge in [0.15, 0.2) is 0 Å². The maximum atomic E-state index is 5.49. The predicted molar refractivity (Wildman–Crippen MR) is 98.7 cm³/mol. The van der Waals surface area contributed by atoms with E-state index in [1.165, 1.54) is 36.2 Å². The van der Waals surface area contributed by atoms with Crippen LogP contribution < -0.4 is 4.90 Å². The molecule has 0 N–H and O–H groups in total. The molecule has 1 aliphatic heterocycles. The summed E-state index contributed by atoms with van der Waals surface area (Å²) in [5.41, 5.74) is 3.99. The summed E-state index contributed by atoms with van der Waals surface area (Å²) >= 11 is 0. The zero-order chi connectivity index (χ0) is 16.8. The predicted octanol–water partition coefficient (Wildman–Crippen LogP) is 3.58. The Hall–Kier alpha value is -1.81. The van der Waals surface area contributed by atoms with Crippen molar-refractivity contribution >= 4 is 5.95 Å². The number of morpholine rings is 1. The maximum absolute atomic E-state index is 5.49. The lowest BCUT2D eigenvalue weighted by Gasteiger charge is -2.27. The molecule has 0 amide bonds. The molecule has 0 saturated carbocycles. The average Bonchev–Trinajstić information content (AvgIpc) is 2.93. The van der Waals surface area contributed by atoms with Gasteiger partial charge < -0.3 is 14.2 Å². The Morgan fingerprint density at radius 3 is 2.54 bits per heavy atom. The number of benzene rings is 1. The first-order valence-electron chi connectivity index (χ1n) is 9.20. The van der Waals surface area contributed by atoms with Crippen LogP contribution in [0, 0.1) is 0 Å². The van der Waals surface area contributed by atoms with Crippen LogP contribution in [0.4, 0.5) is 5.95 Å². The number of nitrogens with zero attached hydrogens (tertiary/aromatic N) is 3. The average molecular weight is 327 g/mol. The van der Waals surface area contributed by atoms with Gasteiger partial charge in [-0.25, -0.2) is 4.98 Å². The Kier molecular flexibility index (Phi) is 5.91. The van der Waals surface area contributed by atoms with Gasteiger partial charge >= 0.3 is 0 Å². The summed E-state index contributed by atoms with van der Waals surface area (Å²) in [6, 6.07) is 10.7. The van der Waals surface area contributed by atoms with Gasteiger partial charge in [-0.15, -0.1) is 0 Å². The zero-order valence-electron chi connectivity index (χ0n) is 15.0. The number of imidazole rings is 1. The van der Waals surface area contributed by atoms with Crippen LogP contribution in [0.25, 0.3) is 0 Å². The van der Waals surface area contributed by atoms with Gasteiger partial charge in [-0.3, -0.25) is 0 Å². The number of ether oxygens (including phenoxy) is 1. The van der Waals surface area contributed by atoms with Crippen molar-refractivity contribution in [1.82, 2.24) is 9.55 Å². The highest BCUT2D eigenvalue weighted by Gasteiger charge is 2.21. The summed E-state index contributed by atoms with van der Waals surface area (Å²) in [5, 5.41) is 0. The molecule has 0 atom stereocenters. The van der Waals surface area contributed by atoms with Crippen molar-refractivity contribution in [3.05, 3.63) is 47.3 Å². The first-order chi connectivity index (χ1) is 11.8. The molecule has 4 nitrogen and oxygen atoms in total. The van der Waals surface area contributed by atoms with Crippen molar-refractivity contribution in [2.75, 3.05) is 31.2 Å². The number of anilines is 1. The molecule has 1 saturated heterocycles. The van der Waals surface area contributed by atoms with E-state index in [-0.39, 0.29) is 0 Å². The van der Waals surface area contributed by atoms with E-state index in [4.69, 9.17) is 9.72 Å². The molecule has 0 bridgehead atoms. The summed E-state index contributed by atoms with van der Waals surface area (Å²) in [6.07, 6.45) is 5.77. The molecule has 1 aromatic carbocycles. The highest BCUT2D eigenvalue weighted by atomic mass is 16.5. The summed E-state index contributed by atoms with van der Waals surface area (Å²) < 4.78 is 7.80. The number of hydrogen-bond donors (Lipinski definition) is 0. The molecule has 0 unspecified atom stereocenters. The minimum Gasteiger partial charge on any atom is -0.378 e. The highest BCUT2D eigenvalue weighted by molar-refractivity contribution is 5.39. The zero-order valence-corrected chi connectivity index (χ0v) is 15.0. The molecule has 3 rings (SSSR count). The minimum atomic E-state index is 0.798. The van der Waals surface area contributed by atoms with E-state index >= 15 is 0 Å². The van der Waals surface area contributed by atoms with E-state index in [1.807, 2.05) is 0 Å². The van der Waals surface area contributed by atoms with E-state index in [9.17, 15) is 0 Å². The van der Waals surface area contributed by atoms with E-state index in [0.717, 1.165) is 45.1 Å². The maximum Gasteiger partial charge on any atom is 0.205 e. The van der Waals surface area contributed by atoms with Crippen LogP contribution >= 0.6 is 0 Å². The fourth-order valence-corrected chi connectivity index (χ4v) is 3.37. The van der Waals surface area contributed by atoms with Crippen LogP contribution in [0.3, 0.4) is 0 Å². The molecule has 1 fully saturated rings. The van der Waals surface area contributed by atoms with Gasteiger partial charge in [-0.1, -0.05) is 50.1 Å². The second kappa shape index (κ2) is 8.34. The van der Waals surface area contributed by atoms with Gasteiger partial charge in [-0.2, -0.15) is 0 Å². The van der Waals surface area contributed by atoms with Crippen LogP contribution in [0.2, 0.25) is 0 Å². The molecule has 0 aliphatic carbocycles. The first-order valence-corrected chi connectivity index (χ1v) is 9.20. The molecule has 0 radical (unpaired) electrons. The molecule has 24 heavy (non-hydrogen) atoms. The van der Waals surface area contributed by atoms with Crippen molar-refractivity contribution in [3.8, 4) is 0 Å². The second-order valence-corrected chi connectivity index (χ2v) is 6.58. The number of aryl methyl sites for hydroxylation is 1. The standard InChI is InChI=1S/C20H29N3O/c1-3-4-6-11-18-19(16-17-9-7-5-8-10-17)22(2)20(21-18)23-12-14-24-15-13-23/h5,7-10H,3-4,6,11-16H2,1-2H3. The third-order valence-electron chi connectivity index (χ3n) is 4.80. The highest BCUT2D eigenvalue weighted by Crippen LogP contribution is 2.23. The quantitative estimate of drug-likeness (QED) is 0.728. The number of aromatic nitrogens is 2. The topological polar surface area (TPSA) is 30.3 Å². The smallest absolute Gasteiger partial charge is 0.205 e. The largest absolute Gasteiger partial charge is 0.378 e. The van der Waals surface area contributed by atoms with Crippen molar-refractivity contribution in [2.24, 2.45) is 7.05 Å². The van der Waals surface area contributed by atoms with Crippen molar-refractivity contribution in [3.63, 3.8) is 0 Å². The molecule has 1 aliphatic rings. The SMILES string of the molecule is CCCCCc1nc(N2CCOCC2)n(C)c1Cc1ccccc1. The molecule has 2 aromatic rings. The van der Waals surface area contributed by atoms with Crippen molar-refractivity contribution < 1.29 is 4.74 Å². The lowest BCUT2D eigenvalue weighted by atomic mass is 10.1. The Morgan fingerprint density at radius 2 is 1.83 bits per heavy atom. The Bertz CT molecular complexity index is 630. The minimum absolute atomic E-state index is 0.798. The van der Waals surface area contributed by atoms with E-state index < -0.39 is 0 Å². The first kappa shape index (κ1) is 17.0. The molecular formula is C20H29N3O. The fraction of sp³-hybridized carbons (Fsp3) is 0.550. The third-order valence-corrected chi connectivity index (χ3v) is 4.80. The molecule has 1 aromatic heterocycles. The summed E-state index contributed by atoms with van der Waals surface area (Å²) in [5.74, 6) is 1.11. The lowest BCUT2D eigenvalue weighted by molar-refractivity contribution is 0.121. The van der Waals surface area contributed by atoms with E-state index in [1.54, 1.807) is 0 Å². The molecule has 0 spiro atoms. The molecule has 130 valence electrons. The van der Waals surface area contributed by atoms with E-state index in [0.29, 0.717) is 0 Å². The number of unbranched alkanes of at least 4 members (excludes halogenated alkanes) is 2. The number of hydrogen-bond acceptors (Lipinski definition) is 3. The molecule has 2 heterocycles. The van der Waals surface area contributed by atoms with Crippen LogP contribution in [0.1, 0.15) is 43.1 Å². The Balaban J connectivity index is 1.86. The van der Waals surface area contributed by atoms with Crippen molar-refractivity contribution in [1.29, 1.82) is 0 Å². The Labute approximate surface area is 145 Å². The van der Waals surface area contributed by atoms with Gasteiger partial charge in [0.1, 0.15) is 0 Å². The normalized spacial score (nSPS) is 15.0. The van der Waals surface area contributed by atoms with Gasteiger partial charge in [0, 0.05) is 32.3 Å². The van der Waals surface area contributed by atoms with Crippen LogP contribution in [0.15, 0.2) is 30.3 Å². The summed E-state index contributed by atoms with van der Waals surface area (Å²) in [7, 11) is 2.17. The van der Waals surface area contributed by atoms with Crippen LogP contribution in [-0.4, -0.2) is 35.9 Å².